The standard InChI is InChI=1S/C14H16N2OS/c1-16(11-12-5-3-2-4-6-12)18(17)14-9-7-13(15)8-10-14/h2-10H,11,15H2,1H3. The van der Waals surface area contributed by atoms with Crippen molar-refractivity contribution in [2.24, 2.45) is 0 Å². The van der Waals surface area contributed by atoms with Crippen LogP contribution in [0.5, 0.6) is 0 Å². The number of nitrogens with zero attached hydrogens (tertiary/aromatic N) is 1. The van der Waals surface area contributed by atoms with E-state index in [9.17, 15) is 4.21 Å². The van der Waals surface area contributed by atoms with Crippen molar-refractivity contribution in [1.82, 2.24) is 4.31 Å². The molecular weight excluding hydrogens is 244 g/mol. The van der Waals surface area contributed by atoms with Gasteiger partial charge in [-0.2, -0.15) is 0 Å². The summed E-state index contributed by atoms with van der Waals surface area (Å²) >= 11 is 0. The highest BCUT2D eigenvalue weighted by atomic mass is 32.2. The van der Waals surface area contributed by atoms with E-state index < -0.39 is 11.0 Å². The molecule has 0 aliphatic rings. The van der Waals surface area contributed by atoms with Crippen molar-refractivity contribution in [3.05, 3.63) is 60.2 Å². The maximum atomic E-state index is 12.3. The Morgan fingerprint density at radius 1 is 1.06 bits per heavy atom. The van der Waals surface area contributed by atoms with Gasteiger partial charge < -0.3 is 5.73 Å². The highest BCUT2D eigenvalue weighted by Gasteiger charge is 2.10. The normalized spacial score (nSPS) is 12.6. The largest absolute Gasteiger partial charge is 0.399 e. The molecule has 0 spiro atoms. The molecule has 1 atom stereocenters. The van der Waals surface area contributed by atoms with Crippen LogP contribution in [0.4, 0.5) is 5.69 Å². The van der Waals surface area contributed by atoms with Crippen LogP contribution in [-0.2, 0) is 17.5 Å². The Labute approximate surface area is 110 Å². The summed E-state index contributed by atoms with van der Waals surface area (Å²) in [6, 6.07) is 17.1. The highest BCUT2D eigenvalue weighted by molar-refractivity contribution is 7.82. The highest BCUT2D eigenvalue weighted by Crippen LogP contribution is 2.14. The minimum atomic E-state index is -1.16. The Bertz CT molecular complexity index is 525. The fraction of sp³-hybridized carbons (Fsp3) is 0.143. The van der Waals surface area contributed by atoms with Crippen molar-refractivity contribution in [3.63, 3.8) is 0 Å². The number of nitrogens with two attached hydrogens (primary N) is 1. The summed E-state index contributed by atoms with van der Waals surface area (Å²) in [6.07, 6.45) is 0. The molecule has 0 saturated heterocycles. The van der Waals surface area contributed by atoms with Gasteiger partial charge in [0, 0.05) is 19.3 Å². The van der Waals surface area contributed by atoms with Crippen LogP contribution in [-0.4, -0.2) is 15.6 Å². The molecule has 4 heteroatoms. The van der Waals surface area contributed by atoms with Gasteiger partial charge in [0.25, 0.3) is 0 Å². The number of nitrogen functional groups attached to an aromatic ring is 1. The van der Waals surface area contributed by atoms with Gasteiger partial charge in [0.1, 0.15) is 11.0 Å². The molecule has 0 aliphatic heterocycles. The Hall–Kier alpha value is -1.65. The number of hydrogen-bond donors (Lipinski definition) is 1. The van der Waals surface area contributed by atoms with Crippen molar-refractivity contribution in [2.45, 2.75) is 11.4 Å². The first-order valence-electron chi connectivity index (χ1n) is 5.69. The lowest BCUT2D eigenvalue weighted by atomic mass is 10.2. The molecule has 0 aliphatic carbocycles. The Morgan fingerprint density at radius 2 is 1.67 bits per heavy atom. The molecule has 0 amide bonds. The Kier molecular flexibility index (Phi) is 4.12. The van der Waals surface area contributed by atoms with Gasteiger partial charge in [0.2, 0.25) is 0 Å². The van der Waals surface area contributed by atoms with E-state index in [1.807, 2.05) is 37.4 Å². The number of benzene rings is 2. The fourth-order valence-electron chi connectivity index (χ4n) is 1.66. The minimum absolute atomic E-state index is 0.651. The summed E-state index contributed by atoms with van der Waals surface area (Å²) in [6.45, 7) is 0.651. The first-order valence-corrected chi connectivity index (χ1v) is 6.80. The molecule has 18 heavy (non-hydrogen) atoms. The van der Waals surface area contributed by atoms with E-state index in [2.05, 4.69) is 0 Å². The van der Waals surface area contributed by atoms with Crippen molar-refractivity contribution in [2.75, 3.05) is 12.8 Å². The molecule has 0 fully saturated rings. The van der Waals surface area contributed by atoms with Crippen LogP contribution in [0.2, 0.25) is 0 Å². The first kappa shape index (κ1) is 12.8. The Morgan fingerprint density at radius 3 is 2.28 bits per heavy atom. The third-order valence-corrected chi connectivity index (χ3v) is 3.98. The van der Waals surface area contributed by atoms with Gasteiger partial charge in [-0.15, -0.1) is 0 Å². The van der Waals surface area contributed by atoms with E-state index in [1.54, 1.807) is 28.6 Å². The summed E-state index contributed by atoms with van der Waals surface area (Å²) in [5.74, 6) is 0. The maximum Gasteiger partial charge on any atom is 0.127 e. The quantitative estimate of drug-likeness (QED) is 0.858. The average molecular weight is 260 g/mol. The van der Waals surface area contributed by atoms with Crippen molar-refractivity contribution >= 4 is 16.7 Å². The molecular formula is C14H16N2OS. The summed E-state index contributed by atoms with van der Waals surface area (Å²) in [7, 11) is 0.688. The summed E-state index contributed by atoms with van der Waals surface area (Å²) in [5.41, 5.74) is 7.44. The second-order valence-electron chi connectivity index (χ2n) is 4.09. The smallest absolute Gasteiger partial charge is 0.127 e. The zero-order valence-electron chi connectivity index (χ0n) is 10.2. The zero-order chi connectivity index (χ0) is 13.0. The van der Waals surface area contributed by atoms with Gasteiger partial charge in [-0.05, 0) is 29.8 Å². The van der Waals surface area contributed by atoms with Crippen LogP contribution in [0.25, 0.3) is 0 Å². The van der Waals surface area contributed by atoms with Gasteiger partial charge >= 0.3 is 0 Å². The minimum Gasteiger partial charge on any atom is -0.399 e. The first-order chi connectivity index (χ1) is 8.66. The second kappa shape index (κ2) is 5.80. The molecule has 2 rings (SSSR count). The van der Waals surface area contributed by atoms with Crippen LogP contribution in [0.15, 0.2) is 59.5 Å². The monoisotopic (exact) mass is 260 g/mol. The number of hydrogen-bond acceptors (Lipinski definition) is 2. The lowest BCUT2D eigenvalue weighted by Gasteiger charge is -2.15. The third-order valence-electron chi connectivity index (χ3n) is 2.61. The molecule has 0 radical (unpaired) electrons. The molecule has 1 unspecified atom stereocenters. The average Bonchev–Trinajstić information content (AvgIpc) is 2.40. The van der Waals surface area contributed by atoms with Crippen LogP contribution in [0.1, 0.15) is 5.56 Å². The van der Waals surface area contributed by atoms with Gasteiger partial charge in [0.15, 0.2) is 0 Å². The lowest BCUT2D eigenvalue weighted by Crippen LogP contribution is -2.20. The number of rotatable bonds is 4. The molecule has 3 nitrogen and oxygen atoms in total. The molecule has 2 N–H and O–H groups in total. The van der Waals surface area contributed by atoms with Crippen LogP contribution in [0.3, 0.4) is 0 Å². The van der Waals surface area contributed by atoms with E-state index in [0.29, 0.717) is 12.2 Å². The van der Waals surface area contributed by atoms with Crippen molar-refractivity contribution in [3.8, 4) is 0 Å². The molecule has 0 heterocycles. The van der Waals surface area contributed by atoms with Crippen molar-refractivity contribution < 1.29 is 4.21 Å². The van der Waals surface area contributed by atoms with E-state index in [1.165, 1.54) is 0 Å². The second-order valence-corrected chi connectivity index (χ2v) is 5.68. The summed E-state index contributed by atoms with van der Waals surface area (Å²) in [4.78, 5) is 0.766. The summed E-state index contributed by atoms with van der Waals surface area (Å²) in [5, 5.41) is 0. The van der Waals surface area contributed by atoms with Crippen LogP contribution in [0, 0.1) is 0 Å². The van der Waals surface area contributed by atoms with Crippen molar-refractivity contribution in [1.29, 1.82) is 0 Å². The third kappa shape index (κ3) is 3.18. The molecule has 2 aromatic rings. The Balaban J connectivity index is 2.07. The van der Waals surface area contributed by atoms with E-state index in [-0.39, 0.29) is 0 Å². The molecule has 0 saturated carbocycles. The lowest BCUT2D eigenvalue weighted by molar-refractivity contribution is 0.520. The predicted molar refractivity (Wildman–Crippen MR) is 75.2 cm³/mol. The van der Waals surface area contributed by atoms with Gasteiger partial charge in [-0.3, -0.25) is 0 Å². The van der Waals surface area contributed by atoms with Crippen LogP contribution < -0.4 is 5.73 Å². The van der Waals surface area contributed by atoms with Gasteiger partial charge in [-0.25, -0.2) is 8.51 Å². The maximum absolute atomic E-state index is 12.3. The SMILES string of the molecule is CN(Cc1ccccc1)S(=O)c1ccc(N)cc1. The van der Waals surface area contributed by atoms with E-state index >= 15 is 0 Å². The van der Waals surface area contributed by atoms with Crippen LogP contribution >= 0.6 is 0 Å². The van der Waals surface area contributed by atoms with E-state index in [0.717, 1.165) is 10.5 Å². The van der Waals surface area contributed by atoms with E-state index in [4.69, 9.17) is 5.73 Å². The summed E-state index contributed by atoms with van der Waals surface area (Å²) < 4.78 is 14.1. The predicted octanol–water partition coefficient (Wildman–Crippen LogP) is 2.42. The molecule has 2 aromatic carbocycles. The topological polar surface area (TPSA) is 46.3 Å². The number of anilines is 1. The molecule has 94 valence electrons. The molecule has 0 aromatic heterocycles. The van der Waals surface area contributed by atoms with Gasteiger partial charge in [0.05, 0.1) is 4.90 Å². The molecule has 0 bridgehead atoms. The van der Waals surface area contributed by atoms with Gasteiger partial charge in [-0.1, -0.05) is 30.3 Å². The zero-order valence-corrected chi connectivity index (χ0v) is 11.1. The fourth-order valence-corrected chi connectivity index (χ4v) is 2.66.